The zero-order valence-electron chi connectivity index (χ0n) is 26.8. The molecule has 3 rings (SSSR count). The predicted octanol–water partition coefficient (Wildman–Crippen LogP) is 7.00. The van der Waals surface area contributed by atoms with Crippen molar-refractivity contribution in [3.63, 3.8) is 0 Å². The molecule has 3 N–H and O–H groups in total. The first-order valence-electron chi connectivity index (χ1n) is 14.2. The van der Waals surface area contributed by atoms with Gasteiger partial charge in [-0.15, -0.1) is 0 Å². The first kappa shape index (κ1) is 48.2. The van der Waals surface area contributed by atoms with E-state index < -0.39 is 38.7 Å². The van der Waals surface area contributed by atoms with E-state index in [9.17, 15) is 15.0 Å². The number of esters is 1. The van der Waals surface area contributed by atoms with Crippen LogP contribution in [0.1, 0.15) is 61.3 Å². The van der Waals surface area contributed by atoms with Crippen molar-refractivity contribution in [1.82, 2.24) is 0 Å². The molecule has 0 aliphatic carbocycles. The number of aliphatic hydroxyl groups is 3. The Bertz CT molecular complexity index is 813. The Morgan fingerprint density at radius 3 is 2.05 bits per heavy atom. The SMILES string of the molecule is CC(=O)OC1OC[C@H](CO[Si](C)(C)C(C)(C)C)C[C@H]2OC(C)(C)O[C@@H]12.C[C@@H]1OC[C@H](CO)C[C@@H](O)[C@H]1O.[I][V]([I])[I].[I][V][I]. The van der Waals surface area contributed by atoms with Gasteiger partial charge in [-0.25, -0.2) is 0 Å². The Hall–Kier alpha value is 4.19. The summed E-state index contributed by atoms with van der Waals surface area (Å²) in [5, 5.41) is 27.8. The summed E-state index contributed by atoms with van der Waals surface area (Å²) in [6.45, 7) is 19.5. The zero-order valence-corrected chi connectivity index (χ0v) is 41.4. The molecule has 0 spiro atoms. The van der Waals surface area contributed by atoms with Gasteiger partial charge < -0.3 is 43.4 Å². The first-order valence-corrected chi connectivity index (χ1v) is 39.6. The summed E-state index contributed by atoms with van der Waals surface area (Å²) in [6, 6.07) is 0. The predicted molar refractivity (Wildman–Crippen MR) is 209 cm³/mol. The number of halogens is 5. The van der Waals surface area contributed by atoms with Crippen molar-refractivity contribution in [2.75, 3.05) is 26.4 Å². The van der Waals surface area contributed by atoms with Crippen LogP contribution in [0.2, 0.25) is 18.1 Å². The maximum atomic E-state index is 11.4. The van der Waals surface area contributed by atoms with Crippen molar-refractivity contribution in [1.29, 1.82) is 0 Å². The van der Waals surface area contributed by atoms with E-state index in [4.69, 9.17) is 33.2 Å². The van der Waals surface area contributed by atoms with E-state index in [2.05, 4.69) is 134 Å². The average molecular weight is 1290 g/mol. The zero-order chi connectivity index (χ0) is 34.5. The van der Waals surface area contributed by atoms with Crippen LogP contribution in [0, 0.1) is 11.8 Å². The molecule has 3 fully saturated rings. The normalized spacial score (nSPS) is 31.8. The molecule has 8 atom stereocenters. The van der Waals surface area contributed by atoms with Crippen LogP contribution in [0.5, 0.6) is 0 Å². The number of hydrogen-bond acceptors (Lipinski definition) is 10. The van der Waals surface area contributed by atoms with Gasteiger partial charge in [0.05, 0.1) is 31.5 Å². The van der Waals surface area contributed by atoms with E-state index in [0.717, 1.165) is 6.42 Å². The molecule has 0 aromatic heterocycles. The van der Waals surface area contributed by atoms with E-state index in [0.29, 0.717) is 35.7 Å². The Morgan fingerprint density at radius 1 is 1.05 bits per heavy atom. The molecule has 1 unspecified atom stereocenters. The van der Waals surface area contributed by atoms with Crippen LogP contribution in [0.25, 0.3) is 0 Å². The topological polar surface area (TPSA) is 133 Å². The number of rotatable bonds is 5. The molecule has 3 aliphatic rings. The van der Waals surface area contributed by atoms with Crippen molar-refractivity contribution >= 4 is 114 Å². The summed E-state index contributed by atoms with van der Waals surface area (Å²) >= 11 is 12.1. The van der Waals surface area contributed by atoms with Crippen LogP contribution in [-0.2, 0) is 47.3 Å². The first-order chi connectivity index (χ1) is 20.1. The van der Waals surface area contributed by atoms with E-state index >= 15 is 0 Å². The second kappa shape index (κ2) is 23.7. The summed E-state index contributed by atoms with van der Waals surface area (Å²) < 4.78 is 34.8. The Morgan fingerprint density at radius 2 is 1.57 bits per heavy atom. The second-order valence-electron chi connectivity index (χ2n) is 12.8. The van der Waals surface area contributed by atoms with Gasteiger partial charge in [-0.1, -0.05) is 20.8 Å². The third-order valence-corrected chi connectivity index (χ3v) is 12.1. The summed E-state index contributed by atoms with van der Waals surface area (Å²) in [6.07, 6.45) is -2.10. The van der Waals surface area contributed by atoms with Crippen LogP contribution < -0.4 is 0 Å². The Kier molecular flexibility index (Phi) is 25.9. The molecule has 10 nitrogen and oxygen atoms in total. The van der Waals surface area contributed by atoms with E-state index in [1.54, 1.807) is 6.92 Å². The van der Waals surface area contributed by atoms with E-state index in [1.165, 1.54) is 6.92 Å². The van der Waals surface area contributed by atoms with Crippen LogP contribution in [-0.4, -0.2) is 98.6 Å². The molecule has 3 aliphatic heterocycles. The molecular formula is C26H50I5O10SiV2. The number of ether oxygens (including phenoxy) is 5. The molecule has 263 valence electrons. The van der Waals surface area contributed by atoms with Gasteiger partial charge in [-0.05, 0) is 51.7 Å². The van der Waals surface area contributed by atoms with Gasteiger partial charge >= 0.3 is 120 Å². The summed E-state index contributed by atoms with van der Waals surface area (Å²) in [5.74, 6) is -0.966. The molecule has 3 heterocycles. The molecule has 0 bridgehead atoms. The second-order valence-corrected chi connectivity index (χ2v) is 64.7. The Labute approximate surface area is 332 Å². The van der Waals surface area contributed by atoms with Crippen molar-refractivity contribution < 1.29 is 62.6 Å². The Balaban J connectivity index is 0.000000803. The van der Waals surface area contributed by atoms with E-state index in [1.807, 2.05) is 13.8 Å². The molecule has 0 amide bonds. The molecule has 0 saturated carbocycles. The third-order valence-electron chi connectivity index (χ3n) is 7.62. The molecule has 18 heteroatoms. The van der Waals surface area contributed by atoms with Gasteiger partial charge in [0.25, 0.3) is 0 Å². The number of carbonyl (C=O) groups is 1. The maximum absolute atomic E-state index is 11.4. The van der Waals surface area contributed by atoms with Crippen LogP contribution in [0.3, 0.4) is 0 Å². The number of fused-ring (bicyclic) bond motifs is 1. The van der Waals surface area contributed by atoms with Gasteiger partial charge in [-0.3, -0.25) is 4.79 Å². The van der Waals surface area contributed by atoms with Gasteiger partial charge in [0, 0.05) is 32.0 Å². The minimum absolute atomic E-state index is 0.00347. The standard InChI is InChI=1S/C18H34O6Si.C8H16O4.5HI.2V/c1-12(19)22-16-15-14(23-18(5,6)24-15)9-13(10-20-16)11-21-25(7,8)17(2,3)4;1-5-8(11)7(10)2-6(3-9)4-12-5;;;;;;;/h13-16H,9-11H2,1-8H3;5-11H,2-4H2,1H3;5*1H;;/q;;;;;;;+2;+3/p-5/t13-,14-,15-,16?;5-,6-,7+,8-;;;;;;;/m10......./s1. The van der Waals surface area contributed by atoms with Gasteiger partial charge in [0.2, 0.25) is 6.29 Å². The van der Waals surface area contributed by atoms with Crippen molar-refractivity contribution in [2.45, 2.75) is 122 Å². The number of carbonyl (C=O) groups excluding carboxylic acids is 1. The molecule has 0 radical (unpaired) electrons. The van der Waals surface area contributed by atoms with Crippen LogP contribution >= 0.6 is 99.9 Å². The monoisotopic (exact) mass is 1290 g/mol. The van der Waals surface area contributed by atoms with E-state index in [-0.39, 0.29) is 46.6 Å². The fraction of sp³-hybridized carbons (Fsp3) is 0.962. The molecular weight excluding hydrogens is 1240 g/mol. The van der Waals surface area contributed by atoms with Gasteiger partial charge in [0.15, 0.2) is 14.1 Å². The minimum atomic E-state index is -1.82. The molecule has 44 heavy (non-hydrogen) atoms. The summed E-state index contributed by atoms with van der Waals surface area (Å²) in [4.78, 5) is 11.1. The molecule has 3 saturated heterocycles. The van der Waals surface area contributed by atoms with Crippen molar-refractivity contribution in [2.24, 2.45) is 11.8 Å². The quantitative estimate of drug-likeness (QED) is 0.150. The summed E-state index contributed by atoms with van der Waals surface area (Å²) in [5.41, 5.74) is 0. The molecule has 0 aromatic carbocycles. The number of aliphatic hydroxyl groups excluding tert-OH is 3. The van der Waals surface area contributed by atoms with Gasteiger partial charge in [-0.2, -0.15) is 0 Å². The molecule has 0 aromatic rings. The fourth-order valence-electron chi connectivity index (χ4n) is 4.30. The van der Waals surface area contributed by atoms with Gasteiger partial charge in [0.1, 0.15) is 12.2 Å². The summed E-state index contributed by atoms with van der Waals surface area (Å²) in [7, 11) is -1.20. The van der Waals surface area contributed by atoms with Crippen LogP contribution in [0.4, 0.5) is 0 Å². The average Bonchev–Trinajstić information content (AvgIpc) is 3.02. The van der Waals surface area contributed by atoms with Crippen molar-refractivity contribution in [3.8, 4) is 0 Å². The fourth-order valence-corrected chi connectivity index (χ4v) is 5.38. The van der Waals surface area contributed by atoms with Crippen LogP contribution in [0.15, 0.2) is 0 Å². The van der Waals surface area contributed by atoms with Crippen molar-refractivity contribution in [3.05, 3.63) is 0 Å². The third kappa shape index (κ3) is 19.7. The number of hydrogen-bond donors (Lipinski definition) is 3.